The summed E-state index contributed by atoms with van der Waals surface area (Å²) in [7, 11) is 2.10. The van der Waals surface area contributed by atoms with Crippen molar-refractivity contribution in [3.63, 3.8) is 0 Å². The molecule has 0 aliphatic heterocycles. The molecule has 0 bridgehead atoms. The minimum atomic E-state index is -0.0322. The molecule has 22 heavy (non-hydrogen) atoms. The maximum absolute atomic E-state index is 12.1. The van der Waals surface area contributed by atoms with Gasteiger partial charge < -0.3 is 4.98 Å². The summed E-state index contributed by atoms with van der Waals surface area (Å²) in [6, 6.07) is 10.9. The van der Waals surface area contributed by atoms with E-state index in [1.165, 1.54) is 22.5 Å². The van der Waals surface area contributed by atoms with Crippen LogP contribution in [-0.2, 0) is 13.0 Å². The number of aromatic amines is 1. The molecular formula is C17H17N3OS. The van der Waals surface area contributed by atoms with Crippen LogP contribution >= 0.6 is 11.3 Å². The molecule has 112 valence electrons. The topological polar surface area (TPSA) is 49.0 Å². The molecule has 1 aliphatic carbocycles. The van der Waals surface area contributed by atoms with Crippen molar-refractivity contribution >= 4 is 21.6 Å². The predicted molar refractivity (Wildman–Crippen MR) is 89.2 cm³/mol. The number of hydrogen-bond donors (Lipinski definition) is 1. The van der Waals surface area contributed by atoms with Crippen LogP contribution in [0.5, 0.6) is 0 Å². The van der Waals surface area contributed by atoms with Gasteiger partial charge in [-0.3, -0.25) is 9.69 Å². The smallest absolute Gasteiger partial charge is 0.268 e. The number of nitrogens with one attached hydrogen (secondary N) is 1. The molecular weight excluding hydrogens is 294 g/mol. The van der Waals surface area contributed by atoms with Gasteiger partial charge in [-0.15, -0.1) is 11.3 Å². The van der Waals surface area contributed by atoms with E-state index in [-0.39, 0.29) is 5.56 Å². The lowest BCUT2D eigenvalue weighted by Crippen LogP contribution is -2.25. The van der Waals surface area contributed by atoms with Crippen LogP contribution in [-0.4, -0.2) is 21.9 Å². The fraction of sp³-hybridized carbons (Fsp3) is 0.294. The molecule has 2 aromatic heterocycles. The Balaban J connectivity index is 1.61. The van der Waals surface area contributed by atoms with Gasteiger partial charge in [0.05, 0.1) is 12.1 Å². The summed E-state index contributed by atoms with van der Waals surface area (Å²) < 4.78 is 0.706. The summed E-state index contributed by atoms with van der Waals surface area (Å²) in [6.07, 6.45) is 2.25. The highest BCUT2D eigenvalue weighted by molar-refractivity contribution is 7.17. The van der Waals surface area contributed by atoms with Crippen LogP contribution in [0.15, 0.2) is 40.5 Å². The third-order valence-electron chi connectivity index (χ3n) is 4.40. The Hall–Kier alpha value is -1.98. The number of hydrogen-bond acceptors (Lipinski definition) is 4. The monoisotopic (exact) mass is 311 g/mol. The number of nitrogens with zero attached hydrogens (tertiary/aromatic N) is 2. The van der Waals surface area contributed by atoms with Crippen LogP contribution < -0.4 is 5.56 Å². The number of fused-ring (bicyclic) bond motifs is 2. The van der Waals surface area contributed by atoms with Gasteiger partial charge in [-0.05, 0) is 42.5 Å². The first-order chi connectivity index (χ1) is 10.7. The first-order valence-corrected chi connectivity index (χ1v) is 8.35. The second-order valence-electron chi connectivity index (χ2n) is 5.82. The molecule has 0 saturated carbocycles. The molecule has 2 heterocycles. The van der Waals surface area contributed by atoms with Crippen molar-refractivity contribution in [2.75, 3.05) is 7.05 Å². The summed E-state index contributed by atoms with van der Waals surface area (Å²) in [4.78, 5) is 21.8. The van der Waals surface area contributed by atoms with Gasteiger partial charge in [0.25, 0.3) is 5.56 Å². The third kappa shape index (κ3) is 2.26. The summed E-state index contributed by atoms with van der Waals surface area (Å²) in [5.41, 5.74) is 3.61. The van der Waals surface area contributed by atoms with Crippen LogP contribution in [0, 0.1) is 0 Å². The average Bonchev–Trinajstić information content (AvgIpc) is 3.13. The largest absolute Gasteiger partial charge is 0.308 e. The zero-order valence-electron chi connectivity index (χ0n) is 12.4. The van der Waals surface area contributed by atoms with Crippen LogP contribution in [0.4, 0.5) is 0 Å². The third-order valence-corrected chi connectivity index (χ3v) is 5.30. The molecule has 4 rings (SSSR count). The second kappa shape index (κ2) is 5.34. The Morgan fingerprint density at radius 3 is 3.14 bits per heavy atom. The molecule has 1 N–H and O–H groups in total. The van der Waals surface area contributed by atoms with Crippen molar-refractivity contribution in [2.45, 2.75) is 25.4 Å². The molecule has 1 atom stereocenters. The Labute approximate surface area is 132 Å². The quantitative estimate of drug-likeness (QED) is 0.808. The van der Waals surface area contributed by atoms with E-state index in [4.69, 9.17) is 0 Å². The van der Waals surface area contributed by atoms with Crippen molar-refractivity contribution in [3.05, 3.63) is 63.0 Å². The number of rotatable bonds is 3. The van der Waals surface area contributed by atoms with Crippen LogP contribution in [0.1, 0.15) is 29.4 Å². The Morgan fingerprint density at radius 2 is 2.23 bits per heavy atom. The van der Waals surface area contributed by atoms with Crippen LogP contribution in [0.2, 0.25) is 0 Å². The minimum absolute atomic E-state index is 0.0322. The standard InChI is InChI=1S/C17H17N3OS/c1-20(14-7-6-11-4-2-3-5-12(11)14)10-15-18-13-8-9-22-16(13)17(21)19-15/h2-5,8-9,14H,6-7,10H2,1H3,(H,18,19,21). The Bertz CT molecular complexity index is 883. The van der Waals surface area contributed by atoms with E-state index in [2.05, 4.69) is 46.2 Å². The molecule has 0 saturated heterocycles. The van der Waals surface area contributed by atoms with E-state index in [0.717, 1.165) is 24.2 Å². The van der Waals surface area contributed by atoms with Gasteiger partial charge in [-0.1, -0.05) is 24.3 Å². The van der Waals surface area contributed by atoms with Gasteiger partial charge in [0, 0.05) is 6.04 Å². The fourth-order valence-electron chi connectivity index (χ4n) is 3.34. The Kier molecular flexibility index (Phi) is 3.32. The highest BCUT2D eigenvalue weighted by Gasteiger charge is 2.25. The zero-order chi connectivity index (χ0) is 15.1. The van der Waals surface area contributed by atoms with Crippen LogP contribution in [0.25, 0.3) is 10.2 Å². The molecule has 1 aromatic carbocycles. The highest BCUT2D eigenvalue weighted by Crippen LogP contribution is 2.35. The molecule has 1 unspecified atom stereocenters. The van der Waals surface area contributed by atoms with Gasteiger partial charge in [-0.2, -0.15) is 0 Å². The van der Waals surface area contributed by atoms with Crippen molar-refractivity contribution in [2.24, 2.45) is 0 Å². The van der Waals surface area contributed by atoms with Gasteiger partial charge in [0.15, 0.2) is 0 Å². The Morgan fingerprint density at radius 1 is 1.36 bits per heavy atom. The number of aromatic nitrogens is 2. The molecule has 0 spiro atoms. The van der Waals surface area contributed by atoms with Crippen molar-refractivity contribution in [3.8, 4) is 0 Å². The minimum Gasteiger partial charge on any atom is -0.308 e. The second-order valence-corrected chi connectivity index (χ2v) is 6.73. The lowest BCUT2D eigenvalue weighted by atomic mass is 10.1. The first-order valence-electron chi connectivity index (χ1n) is 7.47. The molecule has 0 radical (unpaired) electrons. The van der Waals surface area contributed by atoms with Gasteiger partial charge >= 0.3 is 0 Å². The van der Waals surface area contributed by atoms with Gasteiger partial charge in [0.1, 0.15) is 10.5 Å². The summed E-state index contributed by atoms with van der Waals surface area (Å²) in [5.74, 6) is 0.739. The highest BCUT2D eigenvalue weighted by atomic mass is 32.1. The van der Waals surface area contributed by atoms with E-state index < -0.39 is 0 Å². The number of H-pyrrole nitrogens is 1. The number of aryl methyl sites for hydroxylation is 1. The van der Waals surface area contributed by atoms with Crippen molar-refractivity contribution in [1.29, 1.82) is 0 Å². The van der Waals surface area contributed by atoms with E-state index in [9.17, 15) is 4.79 Å². The maximum atomic E-state index is 12.1. The first kappa shape index (κ1) is 13.7. The molecule has 0 amide bonds. The SMILES string of the molecule is CN(Cc1nc2ccsc2c(=O)[nH]1)C1CCc2ccccc21. The average molecular weight is 311 g/mol. The number of thiophene rings is 1. The van der Waals surface area contributed by atoms with Gasteiger partial charge in [-0.25, -0.2) is 4.98 Å². The predicted octanol–water partition coefficient (Wildman–Crippen LogP) is 3.10. The normalized spacial score (nSPS) is 17.3. The lowest BCUT2D eigenvalue weighted by Gasteiger charge is -2.24. The lowest BCUT2D eigenvalue weighted by molar-refractivity contribution is 0.230. The molecule has 4 nitrogen and oxygen atoms in total. The summed E-state index contributed by atoms with van der Waals surface area (Å²) >= 11 is 1.44. The van der Waals surface area contributed by atoms with Crippen molar-refractivity contribution < 1.29 is 0 Å². The summed E-state index contributed by atoms with van der Waals surface area (Å²) in [5, 5.41) is 1.91. The van der Waals surface area contributed by atoms with E-state index >= 15 is 0 Å². The van der Waals surface area contributed by atoms with Crippen LogP contribution in [0.3, 0.4) is 0 Å². The molecule has 5 heteroatoms. The van der Waals surface area contributed by atoms with Crippen molar-refractivity contribution in [1.82, 2.24) is 14.9 Å². The number of benzene rings is 1. The van der Waals surface area contributed by atoms with Gasteiger partial charge in [0.2, 0.25) is 0 Å². The zero-order valence-corrected chi connectivity index (χ0v) is 13.2. The van der Waals surface area contributed by atoms with E-state index in [1.807, 2.05) is 11.4 Å². The molecule has 1 aliphatic rings. The molecule has 0 fully saturated rings. The summed E-state index contributed by atoms with van der Waals surface area (Å²) in [6.45, 7) is 0.653. The van der Waals surface area contributed by atoms with E-state index in [0.29, 0.717) is 17.3 Å². The fourth-order valence-corrected chi connectivity index (χ4v) is 4.06. The van der Waals surface area contributed by atoms with E-state index in [1.54, 1.807) is 0 Å². The molecule has 3 aromatic rings. The maximum Gasteiger partial charge on any atom is 0.268 e.